The molecule has 1 aliphatic heterocycles. The Labute approximate surface area is 161 Å². The summed E-state index contributed by atoms with van der Waals surface area (Å²) in [6, 6.07) is 8.18. The minimum atomic E-state index is -0.0979. The lowest BCUT2D eigenvalue weighted by Crippen LogP contribution is -2.51. The van der Waals surface area contributed by atoms with Crippen LogP contribution in [0, 0.1) is 6.92 Å². The summed E-state index contributed by atoms with van der Waals surface area (Å²) >= 11 is 0. The van der Waals surface area contributed by atoms with Crippen molar-refractivity contribution in [1.82, 2.24) is 19.6 Å². The molecule has 1 amide bonds. The van der Waals surface area contributed by atoms with Crippen molar-refractivity contribution in [2.75, 3.05) is 33.8 Å². The Kier molecular flexibility index (Phi) is 6.29. The number of morpholine rings is 1. The summed E-state index contributed by atoms with van der Waals surface area (Å²) in [6.45, 7) is 4.06. The van der Waals surface area contributed by atoms with Crippen LogP contribution in [0.3, 0.4) is 0 Å². The van der Waals surface area contributed by atoms with E-state index in [2.05, 4.69) is 29.1 Å². The van der Waals surface area contributed by atoms with Gasteiger partial charge in [0.2, 0.25) is 5.91 Å². The molecule has 2 atom stereocenters. The second-order valence-corrected chi connectivity index (χ2v) is 7.58. The standard InChI is InChI=1S/C21H30N4O2/c1-16-7-5-6-8-17(16)9-10-20(26)25-11-12-27-19(15-23(2)3)21(25)18-13-22-24(4)14-18/h5-8,13-14,19,21H,9-12,15H2,1-4H3/t19-,21-/m0/s1. The minimum Gasteiger partial charge on any atom is -0.373 e. The van der Waals surface area contributed by atoms with E-state index in [1.54, 1.807) is 4.68 Å². The molecule has 2 aromatic rings. The van der Waals surface area contributed by atoms with Crippen LogP contribution in [0.25, 0.3) is 0 Å². The quantitative estimate of drug-likeness (QED) is 0.782. The molecule has 1 aromatic carbocycles. The number of aromatic nitrogens is 2. The molecule has 27 heavy (non-hydrogen) atoms. The van der Waals surface area contributed by atoms with Crippen molar-refractivity contribution in [3.05, 3.63) is 53.3 Å². The fraction of sp³-hybridized carbons (Fsp3) is 0.524. The lowest BCUT2D eigenvalue weighted by Gasteiger charge is -2.42. The van der Waals surface area contributed by atoms with Gasteiger partial charge in [-0.3, -0.25) is 9.48 Å². The Morgan fingerprint density at radius 1 is 1.33 bits per heavy atom. The first kappa shape index (κ1) is 19.6. The molecule has 0 N–H and O–H groups in total. The summed E-state index contributed by atoms with van der Waals surface area (Å²) in [5, 5.41) is 4.31. The zero-order valence-corrected chi connectivity index (χ0v) is 16.8. The van der Waals surface area contributed by atoms with Gasteiger partial charge in [-0.05, 0) is 38.6 Å². The second kappa shape index (κ2) is 8.67. The van der Waals surface area contributed by atoms with E-state index in [9.17, 15) is 4.79 Å². The van der Waals surface area contributed by atoms with Gasteiger partial charge in [-0.15, -0.1) is 0 Å². The third-order valence-electron chi connectivity index (χ3n) is 5.15. The fourth-order valence-electron chi connectivity index (χ4n) is 3.79. The lowest BCUT2D eigenvalue weighted by atomic mass is 9.98. The van der Waals surface area contributed by atoms with Crippen molar-refractivity contribution in [3.8, 4) is 0 Å². The summed E-state index contributed by atoms with van der Waals surface area (Å²) < 4.78 is 7.84. The first-order valence-corrected chi connectivity index (χ1v) is 9.54. The molecule has 2 heterocycles. The highest BCUT2D eigenvalue weighted by Crippen LogP contribution is 2.30. The number of nitrogens with zero attached hydrogens (tertiary/aromatic N) is 4. The van der Waals surface area contributed by atoms with Gasteiger partial charge in [-0.25, -0.2) is 0 Å². The van der Waals surface area contributed by atoms with Gasteiger partial charge in [-0.1, -0.05) is 24.3 Å². The van der Waals surface area contributed by atoms with Gasteiger partial charge in [0.1, 0.15) is 0 Å². The summed E-state index contributed by atoms with van der Waals surface area (Å²) in [5.41, 5.74) is 3.51. The Hall–Kier alpha value is -2.18. The third-order valence-corrected chi connectivity index (χ3v) is 5.15. The molecule has 1 aromatic heterocycles. The first-order valence-electron chi connectivity index (χ1n) is 9.54. The van der Waals surface area contributed by atoms with E-state index in [0.29, 0.717) is 19.6 Å². The van der Waals surface area contributed by atoms with E-state index in [1.807, 2.05) is 50.6 Å². The predicted octanol–water partition coefficient (Wildman–Crippen LogP) is 2.19. The Morgan fingerprint density at radius 2 is 2.11 bits per heavy atom. The van der Waals surface area contributed by atoms with Crippen LogP contribution in [0.4, 0.5) is 0 Å². The van der Waals surface area contributed by atoms with Gasteiger partial charge in [0.15, 0.2) is 0 Å². The summed E-state index contributed by atoms with van der Waals surface area (Å²) in [5.74, 6) is 0.180. The monoisotopic (exact) mass is 370 g/mol. The highest BCUT2D eigenvalue weighted by molar-refractivity contribution is 5.77. The van der Waals surface area contributed by atoms with E-state index in [1.165, 1.54) is 11.1 Å². The van der Waals surface area contributed by atoms with Crippen molar-refractivity contribution < 1.29 is 9.53 Å². The van der Waals surface area contributed by atoms with Gasteiger partial charge >= 0.3 is 0 Å². The molecule has 1 aliphatic rings. The summed E-state index contributed by atoms with van der Waals surface area (Å²) in [4.78, 5) is 17.2. The molecule has 0 saturated carbocycles. The van der Waals surface area contributed by atoms with Gasteiger partial charge in [-0.2, -0.15) is 5.10 Å². The zero-order chi connectivity index (χ0) is 19.4. The highest BCUT2D eigenvalue weighted by atomic mass is 16.5. The number of likely N-dealkylation sites (N-methyl/N-ethyl adjacent to an activating group) is 1. The van der Waals surface area contributed by atoms with Gasteiger partial charge < -0.3 is 14.5 Å². The van der Waals surface area contributed by atoms with Crippen LogP contribution < -0.4 is 0 Å². The van der Waals surface area contributed by atoms with Crippen molar-refractivity contribution in [1.29, 1.82) is 0 Å². The van der Waals surface area contributed by atoms with E-state index in [0.717, 1.165) is 18.5 Å². The van der Waals surface area contributed by atoms with Crippen LogP contribution in [0.2, 0.25) is 0 Å². The maximum Gasteiger partial charge on any atom is 0.223 e. The molecule has 0 radical (unpaired) electrons. The van der Waals surface area contributed by atoms with Crippen molar-refractivity contribution in [3.63, 3.8) is 0 Å². The van der Waals surface area contributed by atoms with E-state index >= 15 is 0 Å². The average Bonchev–Trinajstić information content (AvgIpc) is 3.06. The summed E-state index contributed by atoms with van der Waals surface area (Å²) in [6.07, 6.45) is 5.06. The Bertz CT molecular complexity index is 771. The molecule has 6 heteroatoms. The van der Waals surface area contributed by atoms with Gasteiger partial charge in [0, 0.05) is 38.3 Å². The number of rotatable bonds is 6. The van der Waals surface area contributed by atoms with Gasteiger partial charge in [0.25, 0.3) is 0 Å². The molecular weight excluding hydrogens is 340 g/mol. The number of hydrogen-bond donors (Lipinski definition) is 0. The maximum atomic E-state index is 13.1. The molecule has 0 bridgehead atoms. The SMILES string of the molecule is Cc1ccccc1CCC(=O)N1CCO[C@@H](CN(C)C)[C@@H]1c1cnn(C)c1. The maximum absolute atomic E-state index is 13.1. The van der Waals surface area contributed by atoms with Crippen LogP contribution in [-0.2, 0) is 23.0 Å². The fourth-order valence-corrected chi connectivity index (χ4v) is 3.79. The number of ether oxygens (including phenoxy) is 1. The second-order valence-electron chi connectivity index (χ2n) is 7.58. The Morgan fingerprint density at radius 3 is 2.78 bits per heavy atom. The zero-order valence-electron chi connectivity index (χ0n) is 16.8. The smallest absolute Gasteiger partial charge is 0.223 e. The minimum absolute atomic E-state index is 0.0552. The molecule has 146 valence electrons. The van der Waals surface area contributed by atoms with Crippen molar-refractivity contribution in [2.45, 2.75) is 31.9 Å². The van der Waals surface area contributed by atoms with Crippen molar-refractivity contribution in [2.24, 2.45) is 7.05 Å². The largest absolute Gasteiger partial charge is 0.373 e. The number of hydrogen-bond acceptors (Lipinski definition) is 4. The number of aryl methyl sites for hydroxylation is 3. The molecule has 1 saturated heterocycles. The van der Waals surface area contributed by atoms with Crippen LogP contribution in [0.15, 0.2) is 36.7 Å². The molecule has 0 spiro atoms. The molecule has 0 aliphatic carbocycles. The van der Waals surface area contributed by atoms with E-state index in [-0.39, 0.29) is 18.1 Å². The molecular formula is C21H30N4O2. The van der Waals surface area contributed by atoms with Crippen LogP contribution in [-0.4, -0.2) is 65.4 Å². The highest BCUT2D eigenvalue weighted by Gasteiger charge is 2.37. The third kappa shape index (κ3) is 4.76. The molecule has 6 nitrogen and oxygen atoms in total. The number of amides is 1. The average molecular weight is 370 g/mol. The molecule has 1 fully saturated rings. The number of carbonyl (C=O) groups is 1. The van der Waals surface area contributed by atoms with Crippen LogP contribution >= 0.6 is 0 Å². The number of benzene rings is 1. The van der Waals surface area contributed by atoms with Crippen LogP contribution in [0.5, 0.6) is 0 Å². The predicted molar refractivity (Wildman–Crippen MR) is 105 cm³/mol. The van der Waals surface area contributed by atoms with E-state index < -0.39 is 0 Å². The molecule has 3 rings (SSSR count). The van der Waals surface area contributed by atoms with Gasteiger partial charge in [0.05, 0.1) is 24.9 Å². The lowest BCUT2D eigenvalue weighted by molar-refractivity contribution is -0.148. The van der Waals surface area contributed by atoms with Crippen LogP contribution in [0.1, 0.15) is 29.2 Å². The Balaban J connectivity index is 1.77. The topological polar surface area (TPSA) is 50.6 Å². The number of carbonyl (C=O) groups excluding carboxylic acids is 1. The molecule has 0 unspecified atom stereocenters. The van der Waals surface area contributed by atoms with E-state index in [4.69, 9.17) is 4.74 Å². The first-order chi connectivity index (χ1) is 13.0. The normalized spacial score (nSPS) is 20.3. The van der Waals surface area contributed by atoms with Crippen molar-refractivity contribution >= 4 is 5.91 Å². The summed E-state index contributed by atoms with van der Waals surface area (Å²) in [7, 11) is 5.96.